The van der Waals surface area contributed by atoms with Crippen molar-refractivity contribution in [1.29, 1.82) is 0 Å². The van der Waals surface area contributed by atoms with Crippen LogP contribution in [-0.2, 0) is 22.4 Å². The number of likely N-dealkylation sites (N-methyl/N-ethyl adjacent to an activating group) is 1. The topological polar surface area (TPSA) is 62.3 Å². The average molecular weight is 353 g/mol. The molecule has 0 atom stereocenters. The number of rotatable bonds is 7. The SMILES string of the molecule is CCc1ccccc1NC(=O)C(C)(C)C(=O)N(C)CCc1ccncc1. The summed E-state index contributed by atoms with van der Waals surface area (Å²) in [6.07, 6.45) is 5.01. The maximum Gasteiger partial charge on any atom is 0.239 e. The lowest BCUT2D eigenvalue weighted by Crippen LogP contribution is -2.46. The molecular formula is C21H27N3O2. The molecule has 0 radical (unpaired) electrons. The molecule has 0 spiro atoms. The minimum Gasteiger partial charge on any atom is -0.345 e. The van der Waals surface area contributed by atoms with Crippen LogP contribution in [0, 0.1) is 5.41 Å². The molecule has 138 valence electrons. The summed E-state index contributed by atoms with van der Waals surface area (Å²) in [5, 5.41) is 2.92. The van der Waals surface area contributed by atoms with E-state index in [2.05, 4.69) is 10.3 Å². The van der Waals surface area contributed by atoms with Crippen molar-refractivity contribution in [3.63, 3.8) is 0 Å². The number of hydrogen-bond donors (Lipinski definition) is 1. The van der Waals surface area contributed by atoms with Crippen LogP contribution in [0.15, 0.2) is 48.8 Å². The normalized spacial score (nSPS) is 11.1. The monoisotopic (exact) mass is 353 g/mol. The predicted molar refractivity (Wildman–Crippen MR) is 104 cm³/mol. The summed E-state index contributed by atoms with van der Waals surface area (Å²) in [7, 11) is 1.73. The lowest BCUT2D eigenvalue weighted by atomic mass is 9.90. The molecule has 0 saturated carbocycles. The minimum absolute atomic E-state index is 0.196. The van der Waals surface area contributed by atoms with E-state index in [-0.39, 0.29) is 11.8 Å². The Labute approximate surface area is 155 Å². The highest BCUT2D eigenvalue weighted by atomic mass is 16.2. The number of amides is 2. The molecule has 0 aliphatic carbocycles. The summed E-state index contributed by atoms with van der Waals surface area (Å²) < 4.78 is 0. The van der Waals surface area contributed by atoms with Crippen molar-refractivity contribution >= 4 is 17.5 Å². The molecule has 5 heteroatoms. The molecule has 1 aromatic carbocycles. The highest BCUT2D eigenvalue weighted by Gasteiger charge is 2.38. The maximum atomic E-state index is 12.8. The molecule has 2 rings (SSSR count). The number of nitrogens with zero attached hydrogens (tertiary/aromatic N) is 2. The number of para-hydroxylation sites is 1. The standard InChI is InChI=1S/C21H27N3O2/c1-5-17-8-6-7-9-18(17)23-19(25)21(2,3)20(26)24(4)15-12-16-10-13-22-14-11-16/h6-11,13-14H,5,12,15H2,1-4H3,(H,23,25). The summed E-state index contributed by atoms with van der Waals surface area (Å²) in [5.41, 5.74) is 1.78. The van der Waals surface area contributed by atoms with Crippen molar-refractivity contribution in [2.75, 3.05) is 18.9 Å². The number of aromatic nitrogens is 1. The number of anilines is 1. The summed E-state index contributed by atoms with van der Waals surface area (Å²) >= 11 is 0. The van der Waals surface area contributed by atoms with Gasteiger partial charge in [-0.2, -0.15) is 0 Å². The van der Waals surface area contributed by atoms with E-state index in [1.54, 1.807) is 38.2 Å². The molecule has 1 N–H and O–H groups in total. The van der Waals surface area contributed by atoms with Crippen molar-refractivity contribution in [3.8, 4) is 0 Å². The van der Waals surface area contributed by atoms with E-state index in [1.807, 2.05) is 43.3 Å². The van der Waals surface area contributed by atoms with E-state index < -0.39 is 5.41 Å². The van der Waals surface area contributed by atoms with Gasteiger partial charge in [-0.05, 0) is 56.0 Å². The molecule has 26 heavy (non-hydrogen) atoms. The van der Waals surface area contributed by atoms with Crippen LogP contribution < -0.4 is 5.32 Å². The largest absolute Gasteiger partial charge is 0.345 e. The van der Waals surface area contributed by atoms with Gasteiger partial charge in [-0.25, -0.2) is 0 Å². The number of carbonyl (C=O) groups excluding carboxylic acids is 2. The number of benzene rings is 1. The third kappa shape index (κ3) is 4.69. The van der Waals surface area contributed by atoms with Gasteiger partial charge in [0.15, 0.2) is 0 Å². The first kappa shape index (κ1) is 19.6. The van der Waals surface area contributed by atoms with Gasteiger partial charge < -0.3 is 10.2 Å². The first-order valence-electron chi connectivity index (χ1n) is 8.90. The molecule has 2 aromatic rings. The Balaban J connectivity index is 2.02. The Morgan fingerprint density at radius 3 is 2.42 bits per heavy atom. The molecule has 5 nitrogen and oxygen atoms in total. The predicted octanol–water partition coefficient (Wildman–Crippen LogP) is 3.31. The molecule has 0 unspecified atom stereocenters. The van der Waals surface area contributed by atoms with Crippen molar-refractivity contribution in [3.05, 3.63) is 59.9 Å². The number of carbonyl (C=O) groups is 2. The summed E-state index contributed by atoms with van der Waals surface area (Å²) in [4.78, 5) is 31.2. The van der Waals surface area contributed by atoms with E-state index >= 15 is 0 Å². The fourth-order valence-electron chi connectivity index (χ4n) is 2.75. The van der Waals surface area contributed by atoms with Crippen molar-refractivity contribution in [1.82, 2.24) is 9.88 Å². The first-order valence-corrected chi connectivity index (χ1v) is 8.90. The molecule has 0 saturated heterocycles. The molecule has 1 heterocycles. The van der Waals surface area contributed by atoms with E-state index in [0.29, 0.717) is 6.54 Å². The Hall–Kier alpha value is -2.69. The second-order valence-electron chi connectivity index (χ2n) is 6.92. The number of nitrogens with one attached hydrogen (secondary N) is 1. The minimum atomic E-state index is -1.14. The van der Waals surface area contributed by atoms with Crippen molar-refractivity contribution in [2.24, 2.45) is 5.41 Å². The second-order valence-corrected chi connectivity index (χ2v) is 6.92. The molecule has 0 aliphatic heterocycles. The van der Waals surface area contributed by atoms with Crippen LogP contribution in [-0.4, -0.2) is 35.3 Å². The van der Waals surface area contributed by atoms with Gasteiger partial charge in [0.2, 0.25) is 11.8 Å². The number of pyridine rings is 1. The lowest BCUT2D eigenvalue weighted by Gasteiger charge is -2.28. The zero-order chi connectivity index (χ0) is 19.2. The highest BCUT2D eigenvalue weighted by molar-refractivity contribution is 6.10. The van der Waals surface area contributed by atoms with Crippen molar-refractivity contribution < 1.29 is 9.59 Å². The summed E-state index contributed by atoms with van der Waals surface area (Å²) in [5.74, 6) is -0.489. The maximum absolute atomic E-state index is 12.8. The van der Waals surface area contributed by atoms with Gasteiger partial charge in [0, 0.05) is 31.7 Å². The number of aryl methyl sites for hydroxylation is 1. The van der Waals surface area contributed by atoms with Crippen LogP contribution in [0.3, 0.4) is 0 Å². The number of hydrogen-bond acceptors (Lipinski definition) is 3. The van der Waals surface area contributed by atoms with Gasteiger partial charge in [-0.15, -0.1) is 0 Å². The Bertz CT molecular complexity index is 757. The lowest BCUT2D eigenvalue weighted by molar-refractivity contribution is -0.145. The van der Waals surface area contributed by atoms with Gasteiger partial charge in [-0.3, -0.25) is 14.6 Å². The van der Waals surface area contributed by atoms with E-state index in [1.165, 1.54) is 0 Å². The van der Waals surface area contributed by atoms with Crippen LogP contribution in [0.2, 0.25) is 0 Å². The fourth-order valence-corrected chi connectivity index (χ4v) is 2.75. The van der Waals surface area contributed by atoms with Gasteiger partial charge in [0.1, 0.15) is 5.41 Å². The van der Waals surface area contributed by atoms with E-state index in [0.717, 1.165) is 29.7 Å². The van der Waals surface area contributed by atoms with Gasteiger partial charge >= 0.3 is 0 Å². The van der Waals surface area contributed by atoms with Crippen LogP contribution in [0.5, 0.6) is 0 Å². The van der Waals surface area contributed by atoms with Crippen LogP contribution >= 0.6 is 0 Å². The molecule has 0 fully saturated rings. The van der Waals surface area contributed by atoms with Gasteiger partial charge in [-0.1, -0.05) is 25.1 Å². The zero-order valence-electron chi connectivity index (χ0n) is 16.0. The van der Waals surface area contributed by atoms with Crippen LogP contribution in [0.4, 0.5) is 5.69 Å². The third-order valence-corrected chi connectivity index (χ3v) is 4.58. The third-order valence-electron chi connectivity index (χ3n) is 4.58. The Morgan fingerprint density at radius 2 is 1.77 bits per heavy atom. The molecule has 2 amide bonds. The van der Waals surface area contributed by atoms with Gasteiger partial charge in [0.25, 0.3) is 0 Å². The zero-order valence-corrected chi connectivity index (χ0v) is 16.0. The average Bonchev–Trinajstić information content (AvgIpc) is 2.66. The summed E-state index contributed by atoms with van der Waals surface area (Å²) in [6, 6.07) is 11.5. The molecule has 0 aliphatic rings. The second kappa shape index (κ2) is 8.61. The van der Waals surface area contributed by atoms with Crippen LogP contribution in [0.25, 0.3) is 0 Å². The first-order chi connectivity index (χ1) is 12.4. The molecular weight excluding hydrogens is 326 g/mol. The van der Waals surface area contributed by atoms with Gasteiger partial charge in [0.05, 0.1) is 0 Å². The highest BCUT2D eigenvalue weighted by Crippen LogP contribution is 2.23. The Morgan fingerprint density at radius 1 is 1.12 bits per heavy atom. The quantitative estimate of drug-likeness (QED) is 0.777. The molecule has 1 aromatic heterocycles. The fraction of sp³-hybridized carbons (Fsp3) is 0.381. The van der Waals surface area contributed by atoms with E-state index in [9.17, 15) is 9.59 Å². The Kier molecular flexibility index (Phi) is 6.50. The van der Waals surface area contributed by atoms with E-state index in [4.69, 9.17) is 0 Å². The van der Waals surface area contributed by atoms with Crippen molar-refractivity contribution in [2.45, 2.75) is 33.6 Å². The summed E-state index contributed by atoms with van der Waals surface area (Å²) in [6.45, 7) is 5.92. The smallest absolute Gasteiger partial charge is 0.239 e. The van der Waals surface area contributed by atoms with Crippen LogP contribution in [0.1, 0.15) is 31.9 Å². The molecule has 0 bridgehead atoms.